The molecule has 0 saturated carbocycles. The number of anilines is 1. The number of benzene rings is 3. The second-order valence-electron chi connectivity index (χ2n) is 6.63. The van der Waals surface area contributed by atoms with Gasteiger partial charge in [-0.3, -0.25) is 9.36 Å². The Labute approximate surface area is 166 Å². The van der Waals surface area contributed by atoms with Crippen LogP contribution in [0, 0.1) is 0 Å². The molecule has 0 bridgehead atoms. The van der Waals surface area contributed by atoms with Crippen LogP contribution in [0.1, 0.15) is 10.4 Å². The molecule has 2 N–H and O–H groups in total. The van der Waals surface area contributed by atoms with Crippen molar-refractivity contribution >= 4 is 22.6 Å². The van der Waals surface area contributed by atoms with Gasteiger partial charge in [-0.1, -0.05) is 30.3 Å². The van der Waals surface area contributed by atoms with Crippen molar-refractivity contribution in [2.24, 2.45) is 0 Å². The maximum atomic E-state index is 12.8. The molecule has 6 nitrogen and oxygen atoms in total. The number of hydrogen-bond donors (Lipinski definition) is 2. The number of fused-ring (bicyclic) bond motifs is 1. The van der Waals surface area contributed by atoms with Gasteiger partial charge in [-0.15, -0.1) is 0 Å². The number of aromatic nitrogens is 4. The van der Waals surface area contributed by atoms with E-state index in [2.05, 4.69) is 20.3 Å². The van der Waals surface area contributed by atoms with Crippen LogP contribution in [0.15, 0.2) is 91.5 Å². The summed E-state index contributed by atoms with van der Waals surface area (Å²) in [6.45, 7) is 0. The summed E-state index contributed by atoms with van der Waals surface area (Å²) < 4.78 is 2.00. The van der Waals surface area contributed by atoms with E-state index in [0.29, 0.717) is 11.3 Å². The first-order valence-corrected chi connectivity index (χ1v) is 9.22. The number of nitrogens with zero attached hydrogens (tertiary/aromatic N) is 3. The van der Waals surface area contributed by atoms with Crippen LogP contribution >= 0.6 is 0 Å². The van der Waals surface area contributed by atoms with E-state index in [-0.39, 0.29) is 5.91 Å². The molecule has 0 spiro atoms. The molecule has 2 heterocycles. The fraction of sp³-hybridized carbons (Fsp3) is 0. The van der Waals surface area contributed by atoms with Crippen LogP contribution in [0.2, 0.25) is 0 Å². The molecule has 0 aliphatic rings. The van der Waals surface area contributed by atoms with Gasteiger partial charge < -0.3 is 10.3 Å². The number of aromatic amines is 1. The molecule has 0 saturated heterocycles. The van der Waals surface area contributed by atoms with Crippen molar-refractivity contribution in [2.75, 3.05) is 5.32 Å². The summed E-state index contributed by atoms with van der Waals surface area (Å²) in [6, 6.07) is 23.0. The minimum atomic E-state index is -0.175. The van der Waals surface area contributed by atoms with E-state index in [0.717, 1.165) is 28.1 Å². The first-order valence-electron chi connectivity index (χ1n) is 9.22. The zero-order chi connectivity index (χ0) is 19.6. The lowest BCUT2D eigenvalue weighted by Crippen LogP contribution is -2.12. The SMILES string of the molecule is O=C(Nc1cccc(-n2cnc3ccccc32)c1)c1cccc(-c2ncc[nH]2)c1. The average molecular weight is 379 g/mol. The number of rotatable bonds is 4. The molecule has 5 rings (SSSR count). The Morgan fingerprint density at radius 2 is 1.83 bits per heavy atom. The lowest BCUT2D eigenvalue weighted by atomic mass is 10.1. The summed E-state index contributed by atoms with van der Waals surface area (Å²) in [4.78, 5) is 24.5. The summed E-state index contributed by atoms with van der Waals surface area (Å²) in [5.74, 6) is 0.555. The Hall–Kier alpha value is -4.19. The average Bonchev–Trinajstić information content (AvgIpc) is 3.44. The highest BCUT2D eigenvalue weighted by Gasteiger charge is 2.10. The lowest BCUT2D eigenvalue weighted by molar-refractivity contribution is 0.102. The summed E-state index contributed by atoms with van der Waals surface area (Å²) in [5.41, 5.74) is 5.02. The monoisotopic (exact) mass is 379 g/mol. The molecule has 29 heavy (non-hydrogen) atoms. The Bertz CT molecular complexity index is 1300. The minimum Gasteiger partial charge on any atom is -0.345 e. The van der Waals surface area contributed by atoms with Crippen LogP contribution in [0.5, 0.6) is 0 Å². The number of carbonyl (C=O) groups excluding carboxylic acids is 1. The molecule has 5 aromatic rings. The maximum absolute atomic E-state index is 12.8. The Kier molecular flexibility index (Phi) is 4.14. The van der Waals surface area contributed by atoms with Gasteiger partial charge in [0, 0.05) is 34.9 Å². The van der Waals surface area contributed by atoms with Gasteiger partial charge in [0.2, 0.25) is 0 Å². The van der Waals surface area contributed by atoms with Gasteiger partial charge in [0.25, 0.3) is 5.91 Å². The largest absolute Gasteiger partial charge is 0.345 e. The van der Waals surface area contributed by atoms with Crippen LogP contribution in [-0.4, -0.2) is 25.4 Å². The molecule has 0 aliphatic carbocycles. The predicted octanol–water partition coefficient (Wildman–Crippen LogP) is 4.67. The summed E-state index contributed by atoms with van der Waals surface area (Å²) in [7, 11) is 0. The highest BCUT2D eigenvalue weighted by Crippen LogP contribution is 2.22. The number of imidazole rings is 2. The third-order valence-corrected chi connectivity index (χ3v) is 4.73. The quantitative estimate of drug-likeness (QED) is 0.476. The van der Waals surface area contributed by atoms with E-state index < -0.39 is 0 Å². The van der Waals surface area contributed by atoms with Crippen molar-refractivity contribution in [3.63, 3.8) is 0 Å². The second-order valence-corrected chi connectivity index (χ2v) is 6.63. The maximum Gasteiger partial charge on any atom is 0.255 e. The van der Waals surface area contributed by atoms with Gasteiger partial charge in [-0.2, -0.15) is 0 Å². The third kappa shape index (κ3) is 3.27. The second kappa shape index (κ2) is 7.09. The number of para-hydroxylation sites is 2. The standard InChI is InChI=1S/C23H17N5O/c29-23(17-6-3-5-16(13-17)22-24-11-12-25-22)27-18-7-4-8-19(14-18)28-15-26-20-9-1-2-10-21(20)28/h1-15H,(H,24,25)(H,27,29). The summed E-state index contributed by atoms with van der Waals surface area (Å²) in [6.07, 6.45) is 5.24. The summed E-state index contributed by atoms with van der Waals surface area (Å²) >= 11 is 0. The van der Waals surface area contributed by atoms with E-state index in [9.17, 15) is 4.79 Å². The highest BCUT2D eigenvalue weighted by atomic mass is 16.1. The van der Waals surface area contributed by atoms with Crippen LogP contribution in [0.3, 0.4) is 0 Å². The van der Waals surface area contributed by atoms with Gasteiger partial charge in [-0.25, -0.2) is 9.97 Å². The van der Waals surface area contributed by atoms with Crippen LogP contribution < -0.4 is 5.32 Å². The molecule has 3 aromatic carbocycles. The molecule has 0 fully saturated rings. The smallest absolute Gasteiger partial charge is 0.255 e. The molecule has 1 amide bonds. The Morgan fingerprint density at radius 1 is 0.931 bits per heavy atom. The van der Waals surface area contributed by atoms with Crippen molar-refractivity contribution in [1.29, 1.82) is 0 Å². The Balaban J connectivity index is 1.42. The fourth-order valence-corrected chi connectivity index (χ4v) is 3.33. The van der Waals surface area contributed by atoms with E-state index in [1.165, 1.54) is 0 Å². The zero-order valence-corrected chi connectivity index (χ0v) is 15.4. The first-order chi connectivity index (χ1) is 14.3. The van der Waals surface area contributed by atoms with E-state index >= 15 is 0 Å². The summed E-state index contributed by atoms with van der Waals surface area (Å²) in [5, 5.41) is 2.98. The van der Waals surface area contributed by atoms with Crippen LogP contribution in [-0.2, 0) is 0 Å². The van der Waals surface area contributed by atoms with Crippen molar-refractivity contribution in [1.82, 2.24) is 19.5 Å². The van der Waals surface area contributed by atoms with Gasteiger partial charge in [0.15, 0.2) is 0 Å². The Morgan fingerprint density at radius 3 is 2.72 bits per heavy atom. The fourth-order valence-electron chi connectivity index (χ4n) is 3.33. The third-order valence-electron chi connectivity index (χ3n) is 4.73. The molecule has 0 atom stereocenters. The highest BCUT2D eigenvalue weighted by molar-refractivity contribution is 6.05. The van der Waals surface area contributed by atoms with Crippen molar-refractivity contribution in [2.45, 2.75) is 0 Å². The molecule has 6 heteroatoms. The zero-order valence-electron chi connectivity index (χ0n) is 15.4. The first kappa shape index (κ1) is 16.9. The topological polar surface area (TPSA) is 75.6 Å². The van der Waals surface area contributed by atoms with Gasteiger partial charge in [0.1, 0.15) is 12.2 Å². The molecule has 0 aliphatic heterocycles. The van der Waals surface area contributed by atoms with Gasteiger partial charge in [-0.05, 0) is 42.5 Å². The van der Waals surface area contributed by atoms with Crippen molar-refractivity contribution in [3.8, 4) is 17.1 Å². The number of hydrogen-bond acceptors (Lipinski definition) is 3. The van der Waals surface area contributed by atoms with Crippen molar-refractivity contribution < 1.29 is 4.79 Å². The number of amides is 1. The van der Waals surface area contributed by atoms with Crippen LogP contribution in [0.4, 0.5) is 5.69 Å². The number of carbonyl (C=O) groups is 1. The molecule has 0 unspecified atom stereocenters. The van der Waals surface area contributed by atoms with Crippen LogP contribution in [0.25, 0.3) is 28.1 Å². The molecular weight excluding hydrogens is 362 g/mol. The van der Waals surface area contributed by atoms with Gasteiger partial charge >= 0.3 is 0 Å². The predicted molar refractivity (Wildman–Crippen MR) is 113 cm³/mol. The molecule has 0 radical (unpaired) electrons. The molecular formula is C23H17N5O. The van der Waals surface area contributed by atoms with E-state index in [4.69, 9.17) is 0 Å². The van der Waals surface area contributed by atoms with E-state index in [1.54, 1.807) is 24.8 Å². The number of H-pyrrole nitrogens is 1. The number of nitrogens with one attached hydrogen (secondary N) is 2. The molecule has 140 valence electrons. The normalized spacial score (nSPS) is 10.9. The van der Waals surface area contributed by atoms with Gasteiger partial charge in [0.05, 0.1) is 11.0 Å². The minimum absolute atomic E-state index is 0.175. The van der Waals surface area contributed by atoms with E-state index in [1.807, 2.05) is 71.3 Å². The molecule has 2 aromatic heterocycles. The van der Waals surface area contributed by atoms with Crippen molar-refractivity contribution in [3.05, 3.63) is 97.1 Å². The lowest BCUT2D eigenvalue weighted by Gasteiger charge is -2.09.